The van der Waals surface area contributed by atoms with Gasteiger partial charge < -0.3 is 10.6 Å². The van der Waals surface area contributed by atoms with Gasteiger partial charge in [0.2, 0.25) is 0 Å². The van der Waals surface area contributed by atoms with Crippen LogP contribution in [0.15, 0.2) is 24.3 Å². The zero-order valence-corrected chi connectivity index (χ0v) is 12.5. The molecule has 0 aliphatic carbocycles. The van der Waals surface area contributed by atoms with Crippen LogP contribution in [0.1, 0.15) is 18.5 Å². The highest BCUT2D eigenvalue weighted by atomic mass is 35.5. The molecule has 0 saturated heterocycles. The number of alkyl halides is 3. The van der Waals surface area contributed by atoms with Crippen molar-refractivity contribution in [1.29, 1.82) is 0 Å². The van der Waals surface area contributed by atoms with E-state index in [0.29, 0.717) is 5.02 Å². The Bertz CT molecular complexity index is 520. The van der Waals surface area contributed by atoms with Crippen LogP contribution in [0.3, 0.4) is 0 Å². The predicted molar refractivity (Wildman–Crippen MR) is 74.3 cm³/mol. The molecule has 0 radical (unpaired) electrons. The summed E-state index contributed by atoms with van der Waals surface area (Å²) in [6.45, 7) is 0.264. The zero-order valence-electron chi connectivity index (χ0n) is 11.7. The van der Waals surface area contributed by atoms with E-state index in [2.05, 4.69) is 0 Å². The number of benzene rings is 1. The number of hydrogen-bond donors (Lipinski definition) is 3. The summed E-state index contributed by atoms with van der Waals surface area (Å²) in [6.07, 6.45) is -4.52. The first-order valence-electron chi connectivity index (χ1n) is 6.40. The lowest BCUT2D eigenvalue weighted by Crippen LogP contribution is -2.87. The summed E-state index contributed by atoms with van der Waals surface area (Å²) >= 11 is 5.76. The van der Waals surface area contributed by atoms with E-state index in [4.69, 9.17) is 11.6 Å². The molecule has 22 heavy (non-hydrogen) atoms. The number of hydrogen-bond acceptors (Lipinski definition) is 2. The molecule has 1 aromatic carbocycles. The van der Waals surface area contributed by atoms with Crippen LogP contribution in [0, 0.1) is 0 Å². The average Bonchev–Trinajstić information content (AvgIpc) is 2.42. The molecule has 1 atom stereocenters. The van der Waals surface area contributed by atoms with Gasteiger partial charge in [-0.2, -0.15) is 13.2 Å². The summed E-state index contributed by atoms with van der Waals surface area (Å²) in [4.78, 5) is 22.5. The molecular formula is C13H16ClF3N3O2+. The van der Waals surface area contributed by atoms with E-state index < -0.39 is 24.7 Å². The van der Waals surface area contributed by atoms with E-state index in [1.165, 1.54) is 0 Å². The van der Waals surface area contributed by atoms with Crippen molar-refractivity contribution in [3.63, 3.8) is 0 Å². The zero-order chi connectivity index (χ0) is 16.8. The molecule has 0 fully saturated rings. The Balaban J connectivity index is 2.33. The molecule has 0 spiro atoms. The molecule has 0 saturated carbocycles. The van der Waals surface area contributed by atoms with Crippen molar-refractivity contribution < 1.29 is 28.1 Å². The lowest BCUT2D eigenvalue weighted by atomic mass is 10.1. The minimum Gasteiger partial charge on any atom is -0.333 e. The number of carbonyl (C=O) groups excluding carboxylic acids is 2. The van der Waals surface area contributed by atoms with Crippen molar-refractivity contribution in [2.45, 2.75) is 19.1 Å². The topological polar surface area (TPSA) is 74.8 Å². The number of halogens is 4. The van der Waals surface area contributed by atoms with Gasteiger partial charge in [0, 0.05) is 10.6 Å². The van der Waals surface area contributed by atoms with Gasteiger partial charge in [-0.05, 0) is 19.1 Å². The number of imide groups is 1. The van der Waals surface area contributed by atoms with Crippen molar-refractivity contribution in [1.82, 2.24) is 10.6 Å². The van der Waals surface area contributed by atoms with E-state index in [9.17, 15) is 22.8 Å². The lowest BCUT2D eigenvalue weighted by Gasteiger charge is -2.12. The fraction of sp³-hybridized carbons (Fsp3) is 0.385. The smallest absolute Gasteiger partial charge is 0.333 e. The molecule has 4 N–H and O–H groups in total. The number of nitrogens with one attached hydrogen (secondary N) is 2. The van der Waals surface area contributed by atoms with Crippen LogP contribution in [0.4, 0.5) is 18.0 Å². The van der Waals surface area contributed by atoms with Crippen LogP contribution in [0.5, 0.6) is 0 Å². The van der Waals surface area contributed by atoms with Gasteiger partial charge in [-0.1, -0.05) is 23.7 Å². The van der Waals surface area contributed by atoms with Crippen LogP contribution in [0.25, 0.3) is 0 Å². The third-order valence-electron chi connectivity index (χ3n) is 2.75. The molecule has 9 heteroatoms. The maximum absolute atomic E-state index is 11.9. The first-order chi connectivity index (χ1) is 10.2. The third kappa shape index (κ3) is 7.28. The van der Waals surface area contributed by atoms with Crippen molar-refractivity contribution in [3.05, 3.63) is 34.9 Å². The highest BCUT2D eigenvalue weighted by Gasteiger charge is 2.28. The Morgan fingerprint density at radius 1 is 1.27 bits per heavy atom. The van der Waals surface area contributed by atoms with Gasteiger partial charge in [-0.15, -0.1) is 0 Å². The van der Waals surface area contributed by atoms with Crippen LogP contribution < -0.4 is 16.0 Å². The van der Waals surface area contributed by atoms with Crippen molar-refractivity contribution in [2.75, 3.05) is 13.1 Å². The number of carbonyl (C=O) groups is 2. The maximum atomic E-state index is 11.9. The summed E-state index contributed by atoms with van der Waals surface area (Å²) in [5, 5.41) is 5.62. The predicted octanol–water partition coefficient (Wildman–Crippen LogP) is 1.35. The quantitative estimate of drug-likeness (QED) is 0.758. The molecular weight excluding hydrogens is 323 g/mol. The monoisotopic (exact) mass is 338 g/mol. The molecule has 0 unspecified atom stereocenters. The fourth-order valence-corrected chi connectivity index (χ4v) is 1.71. The first kappa shape index (κ1) is 18.2. The van der Waals surface area contributed by atoms with E-state index in [0.717, 1.165) is 5.56 Å². The second kappa shape index (κ2) is 8.00. The minimum atomic E-state index is -4.52. The molecule has 5 nitrogen and oxygen atoms in total. The number of amides is 3. The molecule has 0 aliphatic heterocycles. The van der Waals surface area contributed by atoms with Crippen LogP contribution >= 0.6 is 11.6 Å². The van der Waals surface area contributed by atoms with Crippen molar-refractivity contribution >= 4 is 23.5 Å². The summed E-state index contributed by atoms with van der Waals surface area (Å²) in [5.74, 6) is -0.680. The highest BCUT2D eigenvalue weighted by Crippen LogP contribution is 2.13. The molecule has 1 rings (SSSR count). The fourth-order valence-electron chi connectivity index (χ4n) is 1.59. The SMILES string of the molecule is C[C@H]([NH2+]CC(=O)NC(=O)NCC(F)(F)F)c1ccc(Cl)cc1. The average molecular weight is 339 g/mol. The Labute approximate surface area is 130 Å². The standard InChI is InChI=1S/C13H15ClF3N3O2/c1-8(9-2-4-10(14)5-3-9)18-6-11(21)20-12(22)19-7-13(15,16)17/h2-5,8,18H,6-7H2,1H3,(H2,19,20,21,22)/p+1/t8-/m0/s1. The Hall–Kier alpha value is -1.80. The van der Waals surface area contributed by atoms with Crippen LogP contribution in [-0.4, -0.2) is 31.2 Å². The van der Waals surface area contributed by atoms with Gasteiger partial charge in [0.1, 0.15) is 12.6 Å². The van der Waals surface area contributed by atoms with Crippen molar-refractivity contribution in [2.24, 2.45) is 0 Å². The van der Waals surface area contributed by atoms with E-state index in [1.54, 1.807) is 34.9 Å². The first-order valence-corrected chi connectivity index (χ1v) is 6.78. The summed E-state index contributed by atoms with van der Waals surface area (Å²) < 4.78 is 35.6. The van der Waals surface area contributed by atoms with E-state index in [-0.39, 0.29) is 12.6 Å². The number of quaternary nitrogens is 1. The highest BCUT2D eigenvalue weighted by molar-refractivity contribution is 6.30. The molecule has 3 amide bonds. The summed E-state index contributed by atoms with van der Waals surface area (Å²) in [6, 6.07) is 5.79. The normalized spacial score (nSPS) is 12.6. The number of rotatable bonds is 5. The Kier molecular flexibility index (Phi) is 6.63. The minimum absolute atomic E-state index is 0.0683. The van der Waals surface area contributed by atoms with E-state index >= 15 is 0 Å². The van der Waals surface area contributed by atoms with Gasteiger partial charge in [0.15, 0.2) is 6.54 Å². The number of urea groups is 1. The van der Waals surface area contributed by atoms with Crippen LogP contribution in [-0.2, 0) is 4.79 Å². The van der Waals surface area contributed by atoms with Gasteiger partial charge >= 0.3 is 12.2 Å². The Morgan fingerprint density at radius 2 is 1.86 bits per heavy atom. The Morgan fingerprint density at radius 3 is 2.41 bits per heavy atom. The van der Waals surface area contributed by atoms with Crippen LogP contribution in [0.2, 0.25) is 5.02 Å². The third-order valence-corrected chi connectivity index (χ3v) is 3.01. The maximum Gasteiger partial charge on any atom is 0.405 e. The van der Waals surface area contributed by atoms with Gasteiger partial charge in [0.25, 0.3) is 5.91 Å². The second-order valence-electron chi connectivity index (χ2n) is 4.63. The van der Waals surface area contributed by atoms with Crippen molar-refractivity contribution in [3.8, 4) is 0 Å². The van der Waals surface area contributed by atoms with Gasteiger partial charge in [-0.3, -0.25) is 10.1 Å². The van der Waals surface area contributed by atoms with Gasteiger partial charge in [0.05, 0.1) is 0 Å². The van der Waals surface area contributed by atoms with E-state index in [1.807, 2.05) is 12.2 Å². The molecule has 0 bridgehead atoms. The molecule has 1 aromatic rings. The number of nitrogens with two attached hydrogens (primary N) is 1. The lowest BCUT2D eigenvalue weighted by molar-refractivity contribution is -0.682. The summed E-state index contributed by atoms with van der Waals surface area (Å²) in [7, 11) is 0. The molecule has 0 aromatic heterocycles. The largest absolute Gasteiger partial charge is 0.405 e. The molecule has 122 valence electrons. The van der Waals surface area contributed by atoms with Gasteiger partial charge in [-0.25, -0.2) is 4.79 Å². The second-order valence-corrected chi connectivity index (χ2v) is 5.06. The molecule has 0 heterocycles. The molecule has 0 aliphatic rings. The summed E-state index contributed by atoms with van der Waals surface area (Å²) in [5.41, 5.74) is 0.929.